The summed E-state index contributed by atoms with van der Waals surface area (Å²) in [5, 5.41) is 2.69. The molecule has 0 aliphatic rings. The van der Waals surface area contributed by atoms with Gasteiger partial charge in [-0.3, -0.25) is 9.59 Å². The largest absolute Gasteiger partial charge is 0.454 e. The number of furan rings is 1. The van der Waals surface area contributed by atoms with Gasteiger partial charge in [0.2, 0.25) is 5.91 Å². The lowest BCUT2D eigenvalue weighted by molar-refractivity contribution is -0.132. The summed E-state index contributed by atoms with van der Waals surface area (Å²) in [6.45, 7) is 7.85. The number of amides is 2. The van der Waals surface area contributed by atoms with Gasteiger partial charge in [0.25, 0.3) is 5.91 Å². The first-order valence-electron chi connectivity index (χ1n) is 10.9. The van der Waals surface area contributed by atoms with Gasteiger partial charge in [0.05, 0.1) is 13.1 Å². The third-order valence-corrected chi connectivity index (χ3v) is 5.02. The number of halogens is 1. The van der Waals surface area contributed by atoms with Crippen molar-refractivity contribution in [2.24, 2.45) is 5.92 Å². The van der Waals surface area contributed by atoms with Gasteiger partial charge >= 0.3 is 0 Å². The summed E-state index contributed by atoms with van der Waals surface area (Å²) in [5.41, 5.74) is 1.49. The Balaban J connectivity index is 1.65. The molecule has 1 aromatic carbocycles. The predicted octanol–water partition coefficient (Wildman–Crippen LogP) is 5.31. The number of rotatable bonds is 10. The molecule has 2 aromatic heterocycles. The van der Waals surface area contributed by atoms with E-state index in [9.17, 15) is 14.0 Å². The van der Waals surface area contributed by atoms with Crippen LogP contribution in [0.2, 0.25) is 0 Å². The van der Waals surface area contributed by atoms with E-state index in [2.05, 4.69) is 12.2 Å². The fraction of sp³-hybridized carbons (Fsp3) is 0.360. The summed E-state index contributed by atoms with van der Waals surface area (Å²) >= 11 is 0. The van der Waals surface area contributed by atoms with Crippen LogP contribution in [-0.2, 0) is 17.9 Å². The van der Waals surface area contributed by atoms with Crippen molar-refractivity contribution in [2.45, 2.75) is 46.7 Å². The second-order valence-corrected chi connectivity index (χ2v) is 8.27. The first-order valence-corrected chi connectivity index (χ1v) is 10.9. The molecule has 0 fully saturated rings. The van der Waals surface area contributed by atoms with Crippen LogP contribution in [0.5, 0.6) is 0 Å². The molecule has 3 rings (SSSR count). The molecule has 7 heteroatoms. The molecule has 0 aliphatic carbocycles. The monoisotopic (exact) mass is 439 g/mol. The smallest absolute Gasteiger partial charge is 0.291 e. The number of nitrogens with zero attached hydrogens (tertiary/aromatic N) is 2. The van der Waals surface area contributed by atoms with Crippen LogP contribution < -0.4 is 5.32 Å². The molecule has 0 saturated heterocycles. The maximum absolute atomic E-state index is 13.0. The number of aromatic nitrogens is 1. The summed E-state index contributed by atoms with van der Waals surface area (Å²) < 4.78 is 20.8. The Morgan fingerprint density at radius 1 is 1.12 bits per heavy atom. The van der Waals surface area contributed by atoms with Gasteiger partial charge in [-0.1, -0.05) is 20.8 Å². The van der Waals surface area contributed by atoms with Gasteiger partial charge in [0.1, 0.15) is 11.6 Å². The minimum Gasteiger partial charge on any atom is -0.454 e. The zero-order valence-electron chi connectivity index (χ0n) is 18.8. The van der Waals surface area contributed by atoms with Crippen LogP contribution in [0.4, 0.5) is 10.1 Å². The summed E-state index contributed by atoms with van der Waals surface area (Å²) in [7, 11) is 0. The highest BCUT2D eigenvalue weighted by Gasteiger charge is 2.17. The van der Waals surface area contributed by atoms with Crippen LogP contribution >= 0.6 is 0 Å². The molecular formula is C25H30FN3O3. The topological polar surface area (TPSA) is 67.5 Å². The minimum absolute atomic E-state index is 0.160. The van der Waals surface area contributed by atoms with E-state index in [1.807, 2.05) is 41.6 Å². The molecule has 0 unspecified atom stereocenters. The lowest BCUT2D eigenvalue weighted by atomic mass is 10.1. The molecule has 1 N–H and O–H groups in total. The van der Waals surface area contributed by atoms with Crippen LogP contribution in [0.25, 0.3) is 0 Å². The standard InChI is InChI=1S/C25H30FN3O3/c1-4-13-29(24(30)15-18(2)3)16-21-6-5-14-28(21)17-22-11-12-23(32-22)25(31)27-20-9-7-19(26)8-10-20/h5-12,14,18H,4,13,15-17H2,1-3H3,(H,27,31). The van der Waals surface area contributed by atoms with Gasteiger partial charge in [-0.2, -0.15) is 0 Å². The summed E-state index contributed by atoms with van der Waals surface area (Å²) in [4.78, 5) is 26.9. The van der Waals surface area contributed by atoms with Crippen molar-refractivity contribution in [3.8, 4) is 0 Å². The Bertz CT molecular complexity index is 1040. The molecule has 6 nitrogen and oxygen atoms in total. The van der Waals surface area contributed by atoms with Crippen LogP contribution in [0.15, 0.2) is 59.1 Å². The molecule has 0 radical (unpaired) electrons. The SMILES string of the molecule is CCCN(Cc1cccn1Cc1ccc(C(=O)Nc2ccc(F)cc2)o1)C(=O)CC(C)C. The first-order chi connectivity index (χ1) is 15.4. The van der Waals surface area contributed by atoms with Crippen molar-refractivity contribution in [3.63, 3.8) is 0 Å². The average molecular weight is 440 g/mol. The van der Waals surface area contributed by atoms with Gasteiger partial charge in [-0.15, -0.1) is 0 Å². The number of carbonyl (C=O) groups is 2. The number of hydrogen-bond acceptors (Lipinski definition) is 3. The fourth-order valence-corrected chi connectivity index (χ4v) is 3.46. The van der Waals surface area contributed by atoms with Crippen molar-refractivity contribution in [2.75, 3.05) is 11.9 Å². The van der Waals surface area contributed by atoms with Crippen molar-refractivity contribution in [3.05, 3.63) is 77.8 Å². The molecule has 2 heterocycles. The number of benzene rings is 1. The summed E-state index contributed by atoms with van der Waals surface area (Å²) in [5.74, 6) is 0.516. The molecule has 0 bridgehead atoms. The third-order valence-electron chi connectivity index (χ3n) is 5.02. The zero-order chi connectivity index (χ0) is 23.1. The number of anilines is 1. The molecular weight excluding hydrogens is 409 g/mol. The minimum atomic E-state index is -0.399. The van der Waals surface area contributed by atoms with Gasteiger partial charge in [0, 0.05) is 30.5 Å². The van der Waals surface area contributed by atoms with Crippen molar-refractivity contribution in [1.82, 2.24) is 9.47 Å². The number of carbonyl (C=O) groups excluding carboxylic acids is 2. The van der Waals surface area contributed by atoms with Crippen LogP contribution in [0.3, 0.4) is 0 Å². The van der Waals surface area contributed by atoms with Gasteiger partial charge in [0.15, 0.2) is 5.76 Å². The average Bonchev–Trinajstić information content (AvgIpc) is 3.39. The quantitative estimate of drug-likeness (QED) is 0.466. The van der Waals surface area contributed by atoms with Crippen molar-refractivity contribution < 1.29 is 18.4 Å². The lowest BCUT2D eigenvalue weighted by Gasteiger charge is -2.24. The Morgan fingerprint density at radius 2 is 1.88 bits per heavy atom. The van der Waals surface area contributed by atoms with Gasteiger partial charge < -0.3 is 19.2 Å². The van der Waals surface area contributed by atoms with Crippen molar-refractivity contribution in [1.29, 1.82) is 0 Å². The molecule has 0 saturated carbocycles. The first kappa shape index (κ1) is 23.3. The Morgan fingerprint density at radius 3 is 2.56 bits per heavy atom. The zero-order valence-corrected chi connectivity index (χ0v) is 18.8. The highest BCUT2D eigenvalue weighted by atomic mass is 19.1. The Kier molecular flexibility index (Phi) is 7.87. The van der Waals surface area contributed by atoms with Crippen LogP contribution in [0.1, 0.15) is 55.6 Å². The second-order valence-electron chi connectivity index (χ2n) is 8.27. The summed E-state index contributed by atoms with van der Waals surface area (Å²) in [6.07, 6.45) is 3.37. The third kappa shape index (κ3) is 6.33. The van der Waals surface area contributed by atoms with Crippen LogP contribution in [0, 0.1) is 11.7 Å². The second kappa shape index (κ2) is 10.8. The number of hydrogen-bond donors (Lipinski definition) is 1. The fourth-order valence-electron chi connectivity index (χ4n) is 3.46. The predicted molar refractivity (Wildman–Crippen MR) is 122 cm³/mol. The van der Waals surface area contributed by atoms with Crippen molar-refractivity contribution >= 4 is 17.5 Å². The van der Waals surface area contributed by atoms with E-state index in [4.69, 9.17) is 4.42 Å². The van der Waals surface area contributed by atoms with E-state index in [-0.39, 0.29) is 17.5 Å². The molecule has 170 valence electrons. The molecule has 32 heavy (non-hydrogen) atoms. The highest BCUT2D eigenvalue weighted by Crippen LogP contribution is 2.17. The molecule has 0 aliphatic heterocycles. The lowest BCUT2D eigenvalue weighted by Crippen LogP contribution is -2.32. The van der Waals surface area contributed by atoms with Crippen LogP contribution in [-0.4, -0.2) is 27.8 Å². The normalized spacial score (nSPS) is 11.0. The molecule has 0 atom stereocenters. The highest BCUT2D eigenvalue weighted by molar-refractivity contribution is 6.02. The van der Waals surface area contributed by atoms with Gasteiger partial charge in [-0.05, 0) is 60.9 Å². The van der Waals surface area contributed by atoms with E-state index in [1.165, 1.54) is 24.3 Å². The Hall–Kier alpha value is -3.35. The maximum Gasteiger partial charge on any atom is 0.291 e. The van der Waals surface area contributed by atoms with E-state index in [0.717, 1.165) is 12.1 Å². The van der Waals surface area contributed by atoms with E-state index in [1.54, 1.807) is 12.1 Å². The Labute approximate surface area is 188 Å². The van der Waals surface area contributed by atoms with E-state index >= 15 is 0 Å². The van der Waals surface area contributed by atoms with Gasteiger partial charge in [-0.25, -0.2) is 4.39 Å². The maximum atomic E-state index is 13.0. The van der Waals surface area contributed by atoms with E-state index < -0.39 is 5.91 Å². The summed E-state index contributed by atoms with van der Waals surface area (Å²) in [6, 6.07) is 12.9. The van der Waals surface area contributed by atoms with E-state index in [0.29, 0.717) is 43.4 Å². The molecule has 2 amide bonds. The molecule has 0 spiro atoms. The number of nitrogens with one attached hydrogen (secondary N) is 1. The molecule has 3 aromatic rings.